The molecule has 2 N–H and O–H groups in total. The molecule has 2 rings (SSSR count). The second-order valence-electron chi connectivity index (χ2n) is 5.15. The quantitative estimate of drug-likeness (QED) is 0.848. The summed E-state index contributed by atoms with van der Waals surface area (Å²) in [4.78, 5) is 28.6. The molecule has 2 aromatic rings. The second kappa shape index (κ2) is 7.50. The molecule has 0 aliphatic rings. The molecule has 0 spiro atoms. The van der Waals surface area contributed by atoms with Crippen LogP contribution in [0, 0.1) is 0 Å². The maximum absolute atomic E-state index is 11.7. The first kappa shape index (κ1) is 16.6. The van der Waals surface area contributed by atoms with Crippen molar-refractivity contribution in [3.8, 4) is 5.69 Å². The number of likely N-dealkylation sites (N-methyl/N-ethyl adjacent to an activating group) is 1. The van der Waals surface area contributed by atoms with Gasteiger partial charge in [-0.15, -0.1) is 0 Å². The van der Waals surface area contributed by atoms with Gasteiger partial charge in [-0.3, -0.25) is 15.0 Å². The molecule has 122 valence electrons. The van der Waals surface area contributed by atoms with Crippen LogP contribution in [0.4, 0.5) is 4.79 Å². The second-order valence-corrected chi connectivity index (χ2v) is 5.15. The summed E-state index contributed by atoms with van der Waals surface area (Å²) in [5, 5.41) is 8.67. The lowest BCUT2D eigenvalue weighted by molar-refractivity contribution is -0.121. The van der Waals surface area contributed by atoms with Gasteiger partial charge in [-0.1, -0.05) is 12.1 Å². The topological polar surface area (TPSA) is 92.2 Å². The van der Waals surface area contributed by atoms with Crippen LogP contribution in [0.15, 0.2) is 36.9 Å². The molecule has 3 amide bonds. The van der Waals surface area contributed by atoms with Crippen molar-refractivity contribution in [3.63, 3.8) is 0 Å². The van der Waals surface area contributed by atoms with E-state index in [0.717, 1.165) is 11.3 Å². The molecule has 0 aliphatic heterocycles. The van der Waals surface area contributed by atoms with E-state index in [1.165, 1.54) is 13.4 Å². The Labute approximate surface area is 134 Å². The summed E-state index contributed by atoms with van der Waals surface area (Å²) in [7, 11) is 3.30. The van der Waals surface area contributed by atoms with Crippen molar-refractivity contribution in [3.05, 3.63) is 42.5 Å². The van der Waals surface area contributed by atoms with Crippen molar-refractivity contribution < 1.29 is 9.59 Å². The minimum absolute atomic E-state index is 0.0234. The zero-order valence-corrected chi connectivity index (χ0v) is 13.4. The standard InChI is InChI=1S/C15H20N6O2/c1-11(20(3)8-14(22)19-15(23)16-2)12-4-6-13(7-5-12)21-10-17-9-18-21/h4-7,9-11H,8H2,1-3H3,(H2,16,19,22,23)/t11-/m0/s1. The van der Waals surface area contributed by atoms with Gasteiger partial charge in [-0.25, -0.2) is 14.5 Å². The fourth-order valence-electron chi connectivity index (χ4n) is 2.09. The van der Waals surface area contributed by atoms with Gasteiger partial charge < -0.3 is 5.32 Å². The van der Waals surface area contributed by atoms with E-state index in [2.05, 4.69) is 20.7 Å². The van der Waals surface area contributed by atoms with Gasteiger partial charge in [0.15, 0.2) is 0 Å². The summed E-state index contributed by atoms with van der Waals surface area (Å²) in [5.74, 6) is -0.349. The molecule has 1 atom stereocenters. The summed E-state index contributed by atoms with van der Waals surface area (Å²) in [5.41, 5.74) is 1.97. The molecule has 8 heteroatoms. The fraction of sp³-hybridized carbons (Fsp3) is 0.333. The molecule has 1 aromatic heterocycles. The van der Waals surface area contributed by atoms with Gasteiger partial charge in [0.2, 0.25) is 5.91 Å². The number of hydrogen-bond donors (Lipinski definition) is 2. The van der Waals surface area contributed by atoms with Gasteiger partial charge >= 0.3 is 6.03 Å². The molecule has 0 fully saturated rings. The largest absolute Gasteiger partial charge is 0.341 e. The average molecular weight is 316 g/mol. The highest BCUT2D eigenvalue weighted by Gasteiger charge is 2.16. The number of imide groups is 1. The van der Waals surface area contributed by atoms with Gasteiger partial charge in [0.1, 0.15) is 12.7 Å². The highest BCUT2D eigenvalue weighted by atomic mass is 16.2. The van der Waals surface area contributed by atoms with Crippen molar-refractivity contribution in [2.45, 2.75) is 13.0 Å². The molecule has 0 saturated carbocycles. The number of amides is 3. The number of carbonyl (C=O) groups is 2. The molecular weight excluding hydrogens is 296 g/mol. The lowest BCUT2D eigenvalue weighted by Gasteiger charge is -2.24. The van der Waals surface area contributed by atoms with E-state index < -0.39 is 6.03 Å². The Hall–Kier alpha value is -2.74. The predicted octanol–water partition coefficient (Wildman–Crippen LogP) is 0.716. The Morgan fingerprint density at radius 3 is 2.57 bits per heavy atom. The van der Waals surface area contributed by atoms with Crippen LogP contribution < -0.4 is 10.6 Å². The van der Waals surface area contributed by atoms with Gasteiger partial charge in [0, 0.05) is 13.1 Å². The van der Waals surface area contributed by atoms with Gasteiger partial charge in [-0.05, 0) is 31.7 Å². The van der Waals surface area contributed by atoms with Crippen molar-refractivity contribution in [2.75, 3.05) is 20.6 Å². The first-order valence-corrected chi connectivity index (χ1v) is 7.18. The van der Waals surface area contributed by atoms with E-state index in [1.54, 1.807) is 11.0 Å². The molecule has 0 bridgehead atoms. The maximum Gasteiger partial charge on any atom is 0.321 e. The summed E-state index contributed by atoms with van der Waals surface area (Å²) in [6.07, 6.45) is 3.11. The van der Waals surface area contributed by atoms with Crippen LogP contribution in [0.25, 0.3) is 5.69 Å². The third kappa shape index (κ3) is 4.36. The number of carbonyl (C=O) groups excluding carboxylic acids is 2. The Morgan fingerprint density at radius 1 is 1.30 bits per heavy atom. The molecule has 0 unspecified atom stereocenters. The normalized spacial score (nSPS) is 12.0. The summed E-state index contributed by atoms with van der Waals surface area (Å²) in [6, 6.07) is 7.37. The van der Waals surface area contributed by atoms with E-state index >= 15 is 0 Å². The Morgan fingerprint density at radius 2 is 2.00 bits per heavy atom. The third-order valence-electron chi connectivity index (χ3n) is 3.59. The summed E-state index contributed by atoms with van der Waals surface area (Å²) < 4.78 is 1.68. The number of aromatic nitrogens is 3. The van der Waals surface area contributed by atoms with Crippen molar-refractivity contribution in [1.29, 1.82) is 0 Å². The third-order valence-corrected chi connectivity index (χ3v) is 3.59. The molecule has 0 saturated heterocycles. The smallest absolute Gasteiger partial charge is 0.321 e. The Kier molecular flexibility index (Phi) is 5.42. The highest BCUT2D eigenvalue weighted by Crippen LogP contribution is 2.19. The molecule has 0 aliphatic carbocycles. The Balaban J connectivity index is 1.97. The van der Waals surface area contributed by atoms with Crippen molar-refractivity contribution >= 4 is 11.9 Å². The first-order chi connectivity index (χ1) is 11.0. The number of nitrogens with one attached hydrogen (secondary N) is 2. The van der Waals surface area contributed by atoms with Crippen LogP contribution in [0.5, 0.6) is 0 Å². The van der Waals surface area contributed by atoms with Crippen LogP contribution in [-0.4, -0.2) is 52.2 Å². The van der Waals surface area contributed by atoms with Crippen LogP contribution >= 0.6 is 0 Å². The predicted molar refractivity (Wildman–Crippen MR) is 85.0 cm³/mol. The molecule has 8 nitrogen and oxygen atoms in total. The number of nitrogens with zero attached hydrogens (tertiary/aromatic N) is 4. The van der Waals surface area contributed by atoms with Crippen LogP contribution in [-0.2, 0) is 4.79 Å². The van der Waals surface area contributed by atoms with Crippen LogP contribution in [0.2, 0.25) is 0 Å². The SMILES string of the molecule is CNC(=O)NC(=O)CN(C)[C@@H](C)c1ccc(-n2cncn2)cc1. The van der Waals surface area contributed by atoms with Gasteiger partial charge in [0.05, 0.1) is 12.2 Å². The van der Waals surface area contributed by atoms with Crippen LogP contribution in [0.3, 0.4) is 0 Å². The summed E-state index contributed by atoms with van der Waals surface area (Å²) in [6.45, 7) is 2.12. The van der Waals surface area contributed by atoms with E-state index in [9.17, 15) is 9.59 Å². The number of urea groups is 1. The highest BCUT2D eigenvalue weighted by molar-refractivity contribution is 5.95. The lowest BCUT2D eigenvalue weighted by atomic mass is 10.1. The molecule has 0 radical (unpaired) electrons. The Bertz CT molecular complexity index is 653. The molecule has 23 heavy (non-hydrogen) atoms. The number of hydrogen-bond acceptors (Lipinski definition) is 5. The maximum atomic E-state index is 11.7. The number of benzene rings is 1. The molecule has 1 aromatic carbocycles. The summed E-state index contributed by atoms with van der Waals surface area (Å²) >= 11 is 0. The number of rotatable bonds is 5. The minimum Gasteiger partial charge on any atom is -0.341 e. The van der Waals surface area contributed by atoms with E-state index in [4.69, 9.17) is 0 Å². The van der Waals surface area contributed by atoms with E-state index in [1.807, 2.05) is 43.1 Å². The van der Waals surface area contributed by atoms with Crippen molar-refractivity contribution in [2.24, 2.45) is 0 Å². The molecular formula is C15H20N6O2. The monoisotopic (exact) mass is 316 g/mol. The van der Waals surface area contributed by atoms with E-state index in [-0.39, 0.29) is 18.5 Å². The average Bonchev–Trinajstić information content (AvgIpc) is 3.08. The fourth-order valence-corrected chi connectivity index (χ4v) is 2.09. The zero-order chi connectivity index (χ0) is 16.8. The molecule has 1 heterocycles. The van der Waals surface area contributed by atoms with Crippen molar-refractivity contribution in [1.82, 2.24) is 30.3 Å². The lowest BCUT2D eigenvalue weighted by Crippen LogP contribution is -2.43. The van der Waals surface area contributed by atoms with Gasteiger partial charge in [0.25, 0.3) is 0 Å². The van der Waals surface area contributed by atoms with Gasteiger partial charge in [-0.2, -0.15) is 5.10 Å². The minimum atomic E-state index is -0.506. The first-order valence-electron chi connectivity index (χ1n) is 7.18. The van der Waals surface area contributed by atoms with Crippen LogP contribution in [0.1, 0.15) is 18.5 Å². The zero-order valence-electron chi connectivity index (χ0n) is 13.4. The van der Waals surface area contributed by atoms with E-state index in [0.29, 0.717) is 0 Å².